The fourth-order valence-electron chi connectivity index (χ4n) is 12.7. The number of β-lactam (4-membered cyclic amide) rings is 3. The monoisotopic (exact) mass is 1420 g/mol. The highest BCUT2D eigenvalue weighted by Gasteiger charge is 2.65. The second-order valence-corrected chi connectivity index (χ2v) is 23.2. The maximum atomic E-state index is 13.7. The summed E-state index contributed by atoms with van der Waals surface area (Å²) in [6, 6.07) is 33.6. The molecule has 0 aliphatic carbocycles. The summed E-state index contributed by atoms with van der Waals surface area (Å²) in [7, 11) is 24.1. The van der Waals surface area contributed by atoms with Gasteiger partial charge in [-0.05, 0) is 65.1 Å². The fraction of sp³-hybridized carbons (Fsp3) is 0.400. The van der Waals surface area contributed by atoms with Gasteiger partial charge in [0.2, 0.25) is 17.2 Å². The first-order valence-corrected chi connectivity index (χ1v) is 32.1. The molecule has 6 atom stereocenters. The lowest BCUT2D eigenvalue weighted by molar-refractivity contribution is -0.169. The molecule has 0 unspecified atom stereocenters. The summed E-state index contributed by atoms with van der Waals surface area (Å²) < 4.78 is 99.4. The second kappa shape index (κ2) is 34.4. The lowest BCUT2D eigenvalue weighted by Gasteiger charge is -2.54. The van der Waals surface area contributed by atoms with Crippen molar-refractivity contribution in [3.05, 3.63) is 144 Å². The Morgan fingerprint density at radius 2 is 0.745 bits per heavy atom. The van der Waals surface area contributed by atoms with Crippen molar-refractivity contribution >= 4 is 34.8 Å². The zero-order chi connectivity index (χ0) is 74.2. The van der Waals surface area contributed by atoms with E-state index in [1.807, 2.05) is 48.5 Å². The van der Waals surface area contributed by atoms with Crippen LogP contribution in [0.2, 0.25) is 0 Å². The third-order valence-electron chi connectivity index (χ3n) is 17.8. The summed E-state index contributed by atoms with van der Waals surface area (Å²) in [6.07, 6.45) is 1.84. The van der Waals surface area contributed by atoms with Crippen molar-refractivity contribution in [1.82, 2.24) is 0 Å². The van der Waals surface area contributed by atoms with E-state index in [9.17, 15) is 29.7 Å². The van der Waals surface area contributed by atoms with Crippen molar-refractivity contribution in [2.45, 2.75) is 61.3 Å². The number of ether oxygens (including phenoxy) is 18. The molecule has 3 fully saturated rings. The average molecular weight is 1420 g/mol. The predicted molar refractivity (Wildman–Crippen MR) is 376 cm³/mol. The minimum atomic E-state index is -1.99. The molecule has 0 bridgehead atoms. The van der Waals surface area contributed by atoms with Crippen molar-refractivity contribution in [2.24, 2.45) is 0 Å². The molecular formula is C75H91N3O24. The highest BCUT2D eigenvalue weighted by molar-refractivity contribution is 6.11. The van der Waals surface area contributed by atoms with Gasteiger partial charge >= 0.3 is 0 Å². The maximum Gasteiger partial charge on any atom is 0.264 e. The second-order valence-electron chi connectivity index (χ2n) is 23.2. The number of phenolic OH excluding ortho intramolecular Hbond substituents is 1. The van der Waals surface area contributed by atoms with Crippen LogP contribution in [0.1, 0.15) is 60.1 Å². The molecule has 550 valence electrons. The number of anilines is 3. The number of aliphatic hydroxyl groups excluding tert-OH is 1. The van der Waals surface area contributed by atoms with E-state index in [4.69, 9.17) is 85.3 Å². The molecular weight excluding hydrogens is 1330 g/mol. The highest BCUT2D eigenvalue weighted by Crippen LogP contribution is 2.56. The number of amides is 3. The largest absolute Gasteiger partial charge is 0.504 e. The Kier molecular flexibility index (Phi) is 26.1. The van der Waals surface area contributed by atoms with Crippen LogP contribution in [-0.2, 0) is 39.9 Å². The molecule has 10 rings (SSSR count). The molecule has 7 aromatic carbocycles. The molecule has 3 amide bonds. The highest BCUT2D eigenvalue weighted by atomic mass is 16.6. The first-order valence-electron chi connectivity index (χ1n) is 32.1. The van der Waals surface area contributed by atoms with Crippen LogP contribution < -0.4 is 81.0 Å². The first kappa shape index (κ1) is 77.4. The van der Waals surface area contributed by atoms with Crippen LogP contribution in [0.3, 0.4) is 0 Å². The summed E-state index contributed by atoms with van der Waals surface area (Å²) in [6.45, 7) is 2.26. The van der Waals surface area contributed by atoms with Crippen LogP contribution >= 0.6 is 0 Å². The normalized spacial score (nSPS) is 19.4. The van der Waals surface area contributed by atoms with Gasteiger partial charge in [-0.2, -0.15) is 0 Å². The van der Waals surface area contributed by atoms with E-state index in [0.29, 0.717) is 122 Å². The molecule has 102 heavy (non-hydrogen) atoms. The molecule has 0 radical (unpaired) electrons. The lowest BCUT2D eigenvalue weighted by Crippen LogP contribution is -2.71. The summed E-state index contributed by atoms with van der Waals surface area (Å²) in [5, 5.41) is 31.3. The van der Waals surface area contributed by atoms with Crippen molar-refractivity contribution in [3.63, 3.8) is 0 Å². The van der Waals surface area contributed by atoms with Gasteiger partial charge in [0.1, 0.15) is 24.7 Å². The van der Waals surface area contributed by atoms with Gasteiger partial charge in [-0.25, -0.2) is 0 Å². The van der Waals surface area contributed by atoms with Gasteiger partial charge in [-0.1, -0.05) is 61.9 Å². The molecule has 27 nitrogen and oxygen atoms in total. The molecule has 3 heterocycles. The number of rotatable bonds is 32. The Morgan fingerprint density at radius 1 is 0.392 bits per heavy atom. The van der Waals surface area contributed by atoms with Crippen molar-refractivity contribution in [1.29, 1.82) is 0 Å². The number of nitrogens with zero attached hydrogens (tertiary/aromatic N) is 3. The third kappa shape index (κ3) is 14.6. The predicted octanol–water partition coefficient (Wildman–Crippen LogP) is 9.68. The van der Waals surface area contributed by atoms with E-state index in [0.717, 1.165) is 24.0 Å². The minimum Gasteiger partial charge on any atom is -0.504 e. The van der Waals surface area contributed by atoms with Gasteiger partial charge in [0.05, 0.1) is 129 Å². The number of hydrogen-bond donors (Lipinski definition) is 3. The Balaban J connectivity index is 0.000000195. The number of aromatic hydroxyl groups is 1. The lowest BCUT2D eigenvalue weighted by atomic mass is 9.77. The van der Waals surface area contributed by atoms with Crippen molar-refractivity contribution < 1.29 is 115 Å². The van der Waals surface area contributed by atoms with Crippen LogP contribution in [0.4, 0.5) is 17.1 Å². The van der Waals surface area contributed by atoms with Crippen molar-refractivity contribution in [3.8, 4) is 86.2 Å². The zero-order valence-electron chi connectivity index (χ0n) is 60.5. The van der Waals surface area contributed by atoms with Crippen LogP contribution in [0.5, 0.6) is 86.2 Å². The smallest absolute Gasteiger partial charge is 0.264 e. The molecule has 0 aromatic heterocycles. The molecule has 0 spiro atoms. The van der Waals surface area contributed by atoms with Crippen molar-refractivity contribution in [2.75, 3.05) is 155 Å². The number of benzene rings is 7. The van der Waals surface area contributed by atoms with Gasteiger partial charge in [0.25, 0.3) is 17.7 Å². The molecule has 27 heteroatoms. The third-order valence-corrected chi connectivity index (χ3v) is 17.8. The Morgan fingerprint density at radius 3 is 1.08 bits per heavy atom. The number of phenols is 1. The van der Waals surface area contributed by atoms with E-state index in [1.165, 1.54) is 104 Å². The Bertz CT molecular complexity index is 3950. The summed E-state index contributed by atoms with van der Waals surface area (Å²) in [4.78, 5) is 44.7. The number of methoxy groups -OCH3 is 16. The van der Waals surface area contributed by atoms with Gasteiger partial charge in [0, 0.05) is 64.8 Å². The van der Waals surface area contributed by atoms with Gasteiger partial charge in [0.15, 0.2) is 85.8 Å². The topological polar surface area (TPSA) is 288 Å². The van der Waals surface area contributed by atoms with E-state index in [2.05, 4.69) is 6.92 Å². The van der Waals surface area contributed by atoms with Gasteiger partial charge in [-0.15, -0.1) is 0 Å². The van der Waals surface area contributed by atoms with E-state index in [-0.39, 0.29) is 30.8 Å². The molecule has 3 aliphatic heterocycles. The Hall–Kier alpha value is -10.3. The quantitative estimate of drug-likeness (QED) is 0.0261. The van der Waals surface area contributed by atoms with E-state index in [1.54, 1.807) is 96.8 Å². The van der Waals surface area contributed by atoms with Crippen LogP contribution in [0.25, 0.3) is 0 Å². The summed E-state index contributed by atoms with van der Waals surface area (Å²) in [5.74, 6) is 4.81. The van der Waals surface area contributed by atoms with E-state index < -0.39 is 47.4 Å². The number of unbranched alkanes of at least 4 members (excludes halogenated alkanes) is 1. The Labute approximate surface area is 593 Å². The SMILES string of the molecule is CCCCOc1cc([C@@H]2N(c3cc(OC)c(OC)c(OC)c3)C(=O)[C@]2(O)CO)ccc1OC.COC[C@@]1(OC)C(=O)N(c2cc(OC)c(OC)c(OC)c2)[C@H]1c1ccc(OC)c(O)c1.COC[C@@]1(OC)C(=O)N(c2cc(OC)c(OC)c(OC)c2)[C@H]1c1ccc(OC)c(OCc2ccccc2)c1. The number of hydrogen-bond acceptors (Lipinski definition) is 24. The minimum absolute atomic E-state index is 0.0285. The number of aliphatic hydroxyl groups is 2. The number of carbonyl (C=O) groups excluding carboxylic acids is 3. The van der Waals surface area contributed by atoms with E-state index >= 15 is 0 Å². The average Bonchev–Trinajstić information content (AvgIpc) is 0.719. The fourth-order valence-corrected chi connectivity index (χ4v) is 12.7. The molecule has 3 aliphatic rings. The van der Waals surface area contributed by atoms with Gasteiger partial charge < -0.3 is 101 Å². The van der Waals surface area contributed by atoms with Crippen LogP contribution in [0.15, 0.2) is 121 Å². The molecule has 3 saturated heterocycles. The first-order chi connectivity index (χ1) is 49.3. The zero-order valence-corrected chi connectivity index (χ0v) is 60.5. The molecule has 0 saturated carbocycles. The summed E-state index contributed by atoms with van der Waals surface area (Å²) >= 11 is 0. The molecule has 3 N–H and O–H groups in total. The van der Waals surface area contributed by atoms with Crippen LogP contribution in [0, 0.1) is 0 Å². The molecule has 7 aromatic rings. The number of carbonyl (C=O) groups is 3. The standard InChI is InChI=1S/C29H33NO8.C24H31NO8.C22H27NO8/c1-32-18-29(37-6)27(30(28(29)31)21-15-24(34-3)26(36-5)25(16-21)35-4)20-12-13-22(33-2)23(14-20)38-17-19-10-8-7-9-11-19;1-6-7-10-33-18-11-15(8-9-17(18)29-2)22-24(28,14-26)23(27)25(22)16-12-19(30-3)21(32-5)20(13-16)31-4;1-26-12-22(31-6)20(13-7-8-16(27-2)15(24)9-13)23(21(22)25)14-10-17(28-3)19(30-5)18(11-14)29-4/h7-16,27H,17-18H2,1-6H3;8-9,11-13,22,26,28H,6-7,10,14H2,1-5H3;7-11,20,24H,12H2,1-6H3/t27-,29-;22-,24-;20-,22-/m000/s1. The van der Waals surface area contributed by atoms with Crippen LogP contribution in [-0.4, -0.2) is 190 Å². The summed E-state index contributed by atoms with van der Waals surface area (Å²) in [5.41, 5.74) is 0.000353. The van der Waals surface area contributed by atoms with Gasteiger partial charge in [-0.3, -0.25) is 29.1 Å². The maximum absolute atomic E-state index is 13.7.